The molecule has 0 amide bonds. The van der Waals surface area contributed by atoms with Crippen LogP contribution in [0.4, 0.5) is 0 Å². The van der Waals surface area contributed by atoms with Gasteiger partial charge in [-0.15, -0.1) is 0 Å². The summed E-state index contributed by atoms with van der Waals surface area (Å²) in [6, 6.07) is 3.47. The number of imidazole rings is 1. The molecule has 1 aliphatic rings. The van der Waals surface area contributed by atoms with Gasteiger partial charge >= 0.3 is 5.97 Å². The van der Waals surface area contributed by atoms with Crippen LogP contribution in [0.5, 0.6) is 0 Å². The molecule has 0 radical (unpaired) electrons. The largest absolute Gasteiger partial charge is 0.477 e. The van der Waals surface area contributed by atoms with Crippen LogP contribution >= 0.6 is 11.6 Å². The van der Waals surface area contributed by atoms with Gasteiger partial charge in [0.15, 0.2) is 5.69 Å². The molecule has 0 aliphatic heterocycles. The minimum Gasteiger partial charge on any atom is -0.477 e. The van der Waals surface area contributed by atoms with E-state index < -0.39 is 5.97 Å². The number of hydrogen-bond acceptors (Lipinski definition) is 2. The molecular formula is C12H11ClN2O2. The molecule has 17 heavy (non-hydrogen) atoms. The molecule has 1 aliphatic carbocycles. The minimum atomic E-state index is -0.943. The maximum Gasteiger partial charge on any atom is 0.354 e. The number of carboxylic acids is 1. The Morgan fingerprint density at radius 3 is 2.82 bits per heavy atom. The van der Waals surface area contributed by atoms with E-state index in [0.29, 0.717) is 22.3 Å². The summed E-state index contributed by atoms with van der Waals surface area (Å²) in [5.41, 5.74) is 1.60. The van der Waals surface area contributed by atoms with Gasteiger partial charge in [-0.25, -0.2) is 9.78 Å². The number of hydrogen-bond donors (Lipinski definition) is 1. The van der Waals surface area contributed by atoms with E-state index in [2.05, 4.69) is 4.98 Å². The number of fused-ring (bicyclic) bond motifs is 1. The third-order valence-electron chi connectivity index (χ3n) is 3.30. The normalized spacial score (nSPS) is 16.1. The fourth-order valence-corrected chi connectivity index (χ4v) is 2.38. The van der Waals surface area contributed by atoms with Crippen LogP contribution in [-0.2, 0) is 0 Å². The van der Waals surface area contributed by atoms with E-state index in [1.54, 1.807) is 22.7 Å². The molecule has 1 fully saturated rings. The Morgan fingerprint density at radius 1 is 1.47 bits per heavy atom. The molecule has 0 unspecified atom stereocenters. The maximum atomic E-state index is 11.3. The van der Waals surface area contributed by atoms with E-state index in [0.717, 1.165) is 19.3 Å². The molecule has 0 bridgehead atoms. The predicted octanol–water partition coefficient (Wildman–Crippen LogP) is 2.95. The molecule has 2 aromatic rings. The van der Waals surface area contributed by atoms with E-state index >= 15 is 0 Å². The fraction of sp³-hybridized carbons (Fsp3) is 0.333. The van der Waals surface area contributed by atoms with Gasteiger partial charge in [0.2, 0.25) is 0 Å². The average Bonchev–Trinajstić information content (AvgIpc) is 2.52. The molecule has 4 nitrogen and oxygen atoms in total. The van der Waals surface area contributed by atoms with Crippen molar-refractivity contribution in [2.75, 3.05) is 0 Å². The Hall–Kier alpha value is -1.55. The molecule has 0 saturated heterocycles. The van der Waals surface area contributed by atoms with Crippen LogP contribution in [0.25, 0.3) is 5.65 Å². The van der Waals surface area contributed by atoms with E-state index in [1.165, 1.54) is 0 Å². The first-order valence-electron chi connectivity index (χ1n) is 5.57. The summed E-state index contributed by atoms with van der Waals surface area (Å²) in [6.07, 6.45) is 4.81. The average molecular weight is 251 g/mol. The van der Waals surface area contributed by atoms with Gasteiger partial charge in [0, 0.05) is 12.1 Å². The standard InChI is InChI=1S/C12H11ClN2O2/c13-8-4-5-9-14-10(7-2-1-3-7)11(12(16)17)15(9)6-8/h4-7H,1-3H2,(H,16,17). The maximum absolute atomic E-state index is 11.3. The first kappa shape index (κ1) is 10.6. The highest BCUT2D eigenvalue weighted by atomic mass is 35.5. The number of aromatic nitrogens is 2. The zero-order valence-corrected chi connectivity index (χ0v) is 9.81. The van der Waals surface area contributed by atoms with Crippen molar-refractivity contribution >= 4 is 23.2 Å². The topological polar surface area (TPSA) is 54.6 Å². The highest BCUT2D eigenvalue weighted by molar-refractivity contribution is 6.30. The predicted molar refractivity (Wildman–Crippen MR) is 63.8 cm³/mol. The van der Waals surface area contributed by atoms with Gasteiger partial charge in [0.1, 0.15) is 5.65 Å². The molecule has 2 aromatic heterocycles. The van der Waals surface area contributed by atoms with E-state index in [9.17, 15) is 9.90 Å². The lowest BCUT2D eigenvalue weighted by atomic mass is 9.82. The third kappa shape index (κ3) is 1.60. The Bertz CT molecular complexity index is 602. The van der Waals surface area contributed by atoms with Crippen molar-refractivity contribution in [3.63, 3.8) is 0 Å². The van der Waals surface area contributed by atoms with Crippen molar-refractivity contribution in [3.05, 3.63) is 34.7 Å². The molecule has 88 valence electrons. The minimum absolute atomic E-state index is 0.257. The molecule has 5 heteroatoms. The van der Waals surface area contributed by atoms with Crippen molar-refractivity contribution in [2.45, 2.75) is 25.2 Å². The van der Waals surface area contributed by atoms with Crippen molar-refractivity contribution in [2.24, 2.45) is 0 Å². The number of aromatic carboxylic acids is 1. The van der Waals surface area contributed by atoms with Crippen LogP contribution < -0.4 is 0 Å². The summed E-state index contributed by atoms with van der Waals surface area (Å²) < 4.78 is 1.57. The Kier molecular flexibility index (Phi) is 2.33. The van der Waals surface area contributed by atoms with Crippen molar-refractivity contribution in [3.8, 4) is 0 Å². The van der Waals surface area contributed by atoms with Gasteiger partial charge in [-0.1, -0.05) is 18.0 Å². The van der Waals surface area contributed by atoms with Crippen LogP contribution in [0.1, 0.15) is 41.4 Å². The summed E-state index contributed by atoms with van der Waals surface area (Å²) in [7, 11) is 0. The number of pyridine rings is 1. The first-order valence-corrected chi connectivity index (χ1v) is 5.95. The zero-order chi connectivity index (χ0) is 12.0. The highest BCUT2D eigenvalue weighted by Crippen LogP contribution is 2.37. The zero-order valence-electron chi connectivity index (χ0n) is 9.06. The van der Waals surface area contributed by atoms with Crippen LogP contribution in [-0.4, -0.2) is 20.5 Å². The van der Waals surface area contributed by atoms with Gasteiger partial charge in [-0.3, -0.25) is 4.40 Å². The van der Waals surface area contributed by atoms with Crippen LogP contribution in [0, 0.1) is 0 Å². The number of halogens is 1. The summed E-state index contributed by atoms with van der Waals surface area (Å²) in [6.45, 7) is 0. The third-order valence-corrected chi connectivity index (χ3v) is 3.53. The van der Waals surface area contributed by atoms with Crippen molar-refractivity contribution in [1.82, 2.24) is 9.38 Å². The van der Waals surface area contributed by atoms with Gasteiger partial charge < -0.3 is 5.11 Å². The van der Waals surface area contributed by atoms with Crippen LogP contribution in [0.3, 0.4) is 0 Å². The van der Waals surface area contributed by atoms with Gasteiger partial charge in [-0.05, 0) is 25.0 Å². The molecule has 1 N–H and O–H groups in total. The molecule has 1 saturated carbocycles. The highest BCUT2D eigenvalue weighted by Gasteiger charge is 2.29. The fourth-order valence-electron chi connectivity index (χ4n) is 2.22. The second-order valence-corrected chi connectivity index (χ2v) is 4.79. The second kappa shape index (κ2) is 3.74. The van der Waals surface area contributed by atoms with Gasteiger partial charge in [0.05, 0.1) is 10.7 Å². The summed E-state index contributed by atoms with van der Waals surface area (Å²) in [4.78, 5) is 15.8. The Morgan fingerprint density at radius 2 is 2.24 bits per heavy atom. The summed E-state index contributed by atoms with van der Waals surface area (Å²) in [5, 5.41) is 9.82. The van der Waals surface area contributed by atoms with Gasteiger partial charge in [0.25, 0.3) is 0 Å². The number of carbonyl (C=O) groups is 1. The smallest absolute Gasteiger partial charge is 0.354 e. The van der Waals surface area contributed by atoms with E-state index in [4.69, 9.17) is 11.6 Å². The number of carboxylic acid groups (broad SMARTS) is 1. The van der Waals surface area contributed by atoms with Crippen molar-refractivity contribution < 1.29 is 9.90 Å². The SMILES string of the molecule is O=C(O)c1c(C2CCC2)nc2ccc(Cl)cn12. The molecular weight excluding hydrogens is 240 g/mol. The van der Waals surface area contributed by atoms with Crippen molar-refractivity contribution in [1.29, 1.82) is 0 Å². The number of nitrogens with zero attached hydrogens (tertiary/aromatic N) is 2. The van der Waals surface area contributed by atoms with Crippen LogP contribution in [0.2, 0.25) is 5.02 Å². The lowest BCUT2D eigenvalue weighted by Gasteiger charge is -2.23. The summed E-state index contributed by atoms with van der Waals surface area (Å²) in [5.74, 6) is -0.651. The monoisotopic (exact) mass is 250 g/mol. The van der Waals surface area contributed by atoms with E-state index in [-0.39, 0.29) is 5.69 Å². The first-order chi connectivity index (χ1) is 8.16. The quantitative estimate of drug-likeness (QED) is 0.892. The Balaban J connectivity index is 2.26. The molecule has 2 heterocycles. The second-order valence-electron chi connectivity index (χ2n) is 4.35. The molecule has 0 atom stereocenters. The number of rotatable bonds is 2. The molecule has 0 spiro atoms. The molecule has 0 aromatic carbocycles. The summed E-state index contributed by atoms with van der Waals surface area (Å²) >= 11 is 5.89. The Labute approximate surface area is 103 Å². The lowest BCUT2D eigenvalue weighted by molar-refractivity contribution is 0.0686. The lowest BCUT2D eigenvalue weighted by Crippen LogP contribution is -2.14. The van der Waals surface area contributed by atoms with E-state index in [1.807, 2.05) is 0 Å². The van der Waals surface area contributed by atoms with Crippen LogP contribution in [0.15, 0.2) is 18.3 Å². The molecule has 3 rings (SSSR count). The van der Waals surface area contributed by atoms with Gasteiger partial charge in [-0.2, -0.15) is 0 Å².